The Labute approximate surface area is 125 Å². The van der Waals surface area contributed by atoms with Crippen molar-refractivity contribution in [3.8, 4) is 0 Å². The van der Waals surface area contributed by atoms with Gasteiger partial charge in [0.1, 0.15) is 30.3 Å². The molecule has 0 radical (unpaired) electrons. The Balaban J connectivity index is 2.11. The van der Waals surface area contributed by atoms with Crippen LogP contribution in [0.2, 0.25) is 0 Å². The van der Waals surface area contributed by atoms with E-state index in [1.165, 1.54) is 16.8 Å². The maximum Gasteiger partial charge on any atom is 0.193 e. The number of nitrogens with zero attached hydrogens (tertiary/aromatic N) is 3. The smallest absolute Gasteiger partial charge is 0.193 e. The summed E-state index contributed by atoms with van der Waals surface area (Å²) in [6, 6.07) is 1.50. The van der Waals surface area contributed by atoms with Crippen molar-refractivity contribution in [3.63, 3.8) is 0 Å². The Hall–Kier alpha value is -1.59. The molecule has 4 atom stereocenters. The lowest BCUT2D eigenvalue weighted by molar-refractivity contribution is -0.0508. The molecule has 3 N–H and O–H groups in total. The zero-order chi connectivity index (χ0) is 16.1. The minimum atomic E-state index is -3.54. The van der Waals surface area contributed by atoms with Crippen LogP contribution in [0.3, 0.4) is 0 Å². The molecule has 0 unspecified atom stereocenters. The fraction of sp³-hybridized carbons (Fsp3) is 0.500. The molecule has 22 heavy (non-hydrogen) atoms. The first kappa shape index (κ1) is 15.3. The maximum absolute atomic E-state index is 11.7. The number of aromatic nitrogens is 3. The van der Waals surface area contributed by atoms with Gasteiger partial charge in [-0.3, -0.25) is 0 Å². The third kappa shape index (κ3) is 2.29. The van der Waals surface area contributed by atoms with Gasteiger partial charge in [-0.25, -0.2) is 18.4 Å². The van der Waals surface area contributed by atoms with Crippen LogP contribution in [0.15, 0.2) is 23.6 Å². The minimum Gasteiger partial charge on any atom is -0.394 e. The van der Waals surface area contributed by atoms with E-state index in [2.05, 4.69) is 9.97 Å². The van der Waals surface area contributed by atoms with Crippen LogP contribution in [0.1, 0.15) is 6.23 Å². The number of fused-ring (bicyclic) bond motifs is 1. The highest BCUT2D eigenvalue weighted by Crippen LogP contribution is 2.32. The van der Waals surface area contributed by atoms with Crippen molar-refractivity contribution in [2.75, 3.05) is 12.9 Å². The number of aliphatic hydroxyl groups excluding tert-OH is 3. The number of aliphatic hydroxyl groups is 3. The summed E-state index contributed by atoms with van der Waals surface area (Å²) in [6.07, 6.45) is -0.780. The molecule has 3 rings (SSSR count). The molecule has 10 heteroatoms. The molecule has 0 aliphatic carbocycles. The topological polar surface area (TPSA) is 135 Å². The molecular weight excluding hydrogens is 314 g/mol. The molecule has 0 saturated carbocycles. The minimum absolute atomic E-state index is 0.122. The monoisotopic (exact) mass is 329 g/mol. The standard InChI is InChI=1S/C12H15N3O6S/c1-22(19,20)11-6-2-3-15(10(6)13-5-14-11)12-9(18)8(17)7(4-16)21-12/h2-3,5,7-9,12,16-18H,4H2,1H3/t7-,8-,9-,12-/m1/s1. The number of ether oxygens (including phenoxy) is 1. The van der Waals surface area contributed by atoms with Crippen molar-refractivity contribution in [1.29, 1.82) is 0 Å². The second-order valence-electron chi connectivity index (χ2n) is 5.14. The lowest BCUT2D eigenvalue weighted by Gasteiger charge is -2.17. The van der Waals surface area contributed by atoms with E-state index in [4.69, 9.17) is 9.84 Å². The first-order chi connectivity index (χ1) is 10.3. The quantitative estimate of drug-likeness (QED) is 0.576. The summed E-state index contributed by atoms with van der Waals surface area (Å²) in [6.45, 7) is -0.447. The lowest BCUT2D eigenvalue weighted by atomic mass is 10.1. The molecule has 9 nitrogen and oxygen atoms in total. The van der Waals surface area contributed by atoms with Crippen LogP contribution in [0, 0.1) is 0 Å². The highest BCUT2D eigenvalue weighted by Gasteiger charge is 2.43. The zero-order valence-electron chi connectivity index (χ0n) is 11.6. The van der Waals surface area contributed by atoms with Gasteiger partial charge in [0.05, 0.1) is 12.0 Å². The zero-order valence-corrected chi connectivity index (χ0v) is 12.4. The number of rotatable bonds is 3. The first-order valence-electron chi connectivity index (χ1n) is 6.48. The number of hydrogen-bond donors (Lipinski definition) is 3. The first-order valence-corrected chi connectivity index (χ1v) is 8.38. The fourth-order valence-corrected chi connectivity index (χ4v) is 3.36. The largest absolute Gasteiger partial charge is 0.394 e. The summed E-state index contributed by atoms with van der Waals surface area (Å²) < 4.78 is 30.3. The van der Waals surface area contributed by atoms with Crippen molar-refractivity contribution < 1.29 is 28.5 Å². The molecule has 0 aromatic carbocycles. The molecule has 3 heterocycles. The van der Waals surface area contributed by atoms with E-state index in [1.807, 2.05) is 0 Å². The van der Waals surface area contributed by atoms with Crippen LogP contribution < -0.4 is 0 Å². The van der Waals surface area contributed by atoms with Crippen LogP contribution >= 0.6 is 0 Å². The van der Waals surface area contributed by atoms with E-state index in [0.29, 0.717) is 5.39 Å². The van der Waals surface area contributed by atoms with Gasteiger partial charge in [-0.15, -0.1) is 0 Å². The van der Waals surface area contributed by atoms with E-state index < -0.39 is 41.0 Å². The van der Waals surface area contributed by atoms with E-state index in [-0.39, 0.29) is 10.7 Å². The molecule has 0 spiro atoms. The van der Waals surface area contributed by atoms with Crippen LogP contribution in [0.5, 0.6) is 0 Å². The van der Waals surface area contributed by atoms with Crippen LogP contribution in [-0.4, -0.2) is 69.4 Å². The Morgan fingerprint density at radius 1 is 1.32 bits per heavy atom. The van der Waals surface area contributed by atoms with Crippen molar-refractivity contribution >= 4 is 20.9 Å². The van der Waals surface area contributed by atoms with Gasteiger partial charge >= 0.3 is 0 Å². The Bertz CT molecular complexity index is 804. The van der Waals surface area contributed by atoms with Gasteiger partial charge in [0.15, 0.2) is 21.1 Å². The summed E-state index contributed by atoms with van der Waals surface area (Å²) in [5.41, 5.74) is 0.255. The van der Waals surface area contributed by atoms with E-state index >= 15 is 0 Å². The lowest BCUT2D eigenvalue weighted by Crippen LogP contribution is -2.33. The third-order valence-electron chi connectivity index (χ3n) is 3.62. The van der Waals surface area contributed by atoms with Crippen LogP contribution in [0.4, 0.5) is 0 Å². The second-order valence-corrected chi connectivity index (χ2v) is 7.07. The van der Waals surface area contributed by atoms with Crippen molar-refractivity contribution in [3.05, 3.63) is 18.6 Å². The molecule has 1 aliphatic rings. The van der Waals surface area contributed by atoms with Crippen LogP contribution in [0.25, 0.3) is 11.0 Å². The van der Waals surface area contributed by atoms with Gasteiger partial charge in [-0.1, -0.05) is 0 Å². The molecule has 1 fully saturated rings. The maximum atomic E-state index is 11.7. The average Bonchev–Trinajstić information content (AvgIpc) is 3.00. The van der Waals surface area contributed by atoms with Gasteiger partial charge in [-0.05, 0) is 6.07 Å². The van der Waals surface area contributed by atoms with Gasteiger partial charge in [0.2, 0.25) is 0 Å². The molecule has 0 amide bonds. The van der Waals surface area contributed by atoms with E-state index in [0.717, 1.165) is 12.6 Å². The molecular formula is C12H15N3O6S. The SMILES string of the molecule is CS(=O)(=O)c1ncnc2c1ccn2[C@@H]1O[C@H](CO)[C@@H](O)[C@H]1O. The Kier molecular flexibility index (Phi) is 3.65. The number of hydrogen-bond acceptors (Lipinski definition) is 8. The number of sulfone groups is 1. The van der Waals surface area contributed by atoms with Crippen LogP contribution in [-0.2, 0) is 14.6 Å². The predicted molar refractivity (Wildman–Crippen MR) is 73.6 cm³/mol. The summed E-state index contributed by atoms with van der Waals surface area (Å²) >= 11 is 0. The van der Waals surface area contributed by atoms with Gasteiger partial charge < -0.3 is 24.6 Å². The van der Waals surface area contributed by atoms with E-state index in [1.54, 1.807) is 0 Å². The van der Waals surface area contributed by atoms with Gasteiger partial charge in [0, 0.05) is 12.5 Å². The summed E-state index contributed by atoms with van der Waals surface area (Å²) in [4.78, 5) is 7.80. The van der Waals surface area contributed by atoms with Gasteiger partial charge in [-0.2, -0.15) is 0 Å². The molecule has 1 aliphatic heterocycles. The van der Waals surface area contributed by atoms with E-state index in [9.17, 15) is 18.6 Å². The average molecular weight is 329 g/mol. The van der Waals surface area contributed by atoms with Crippen molar-refractivity contribution in [1.82, 2.24) is 14.5 Å². The normalized spacial score (nSPS) is 29.3. The highest BCUT2D eigenvalue weighted by atomic mass is 32.2. The summed E-state index contributed by atoms with van der Waals surface area (Å²) in [7, 11) is -3.54. The molecule has 2 aromatic heterocycles. The molecule has 0 bridgehead atoms. The van der Waals surface area contributed by atoms with Gasteiger partial charge in [0.25, 0.3) is 0 Å². The summed E-state index contributed by atoms with van der Waals surface area (Å²) in [5.74, 6) is 0. The third-order valence-corrected chi connectivity index (χ3v) is 4.64. The van der Waals surface area contributed by atoms with Crippen molar-refractivity contribution in [2.24, 2.45) is 0 Å². The summed E-state index contributed by atoms with van der Waals surface area (Å²) in [5, 5.41) is 29.2. The Morgan fingerprint density at radius 3 is 2.64 bits per heavy atom. The molecule has 1 saturated heterocycles. The fourth-order valence-electron chi connectivity index (χ4n) is 2.56. The molecule has 2 aromatic rings. The second kappa shape index (κ2) is 5.25. The van der Waals surface area contributed by atoms with Crippen molar-refractivity contribution in [2.45, 2.75) is 29.6 Å². The molecule has 120 valence electrons. The Morgan fingerprint density at radius 2 is 2.05 bits per heavy atom. The predicted octanol–water partition coefficient (Wildman–Crippen LogP) is -1.55. The highest BCUT2D eigenvalue weighted by molar-refractivity contribution is 7.90.